The maximum atomic E-state index is 12.2. The number of ether oxygens (including phenoxy) is 2. The molecule has 0 spiro atoms. The molecular weight excluding hydrogens is 360 g/mol. The van der Waals surface area contributed by atoms with Gasteiger partial charge in [0.25, 0.3) is 0 Å². The standard InChI is InChI=1S/C18H24N2O3S.ClH/c1-2-23-18(21)16(14-19)17(15-6-4-3-5-7-15)24-13-10-20-8-11-22-12-9-20;/h3-7,16-17H,2,8-13H2,1H3;1H. The number of hydrogen-bond acceptors (Lipinski definition) is 6. The molecule has 2 atom stereocenters. The highest BCUT2D eigenvalue weighted by molar-refractivity contribution is 7.99. The molecule has 1 saturated heterocycles. The molecule has 0 bridgehead atoms. The molecule has 2 rings (SSSR count). The number of carbonyl (C=O) groups excluding carboxylic acids is 1. The van der Waals surface area contributed by atoms with Crippen molar-refractivity contribution in [2.24, 2.45) is 5.92 Å². The number of halogens is 1. The first-order valence-corrected chi connectivity index (χ1v) is 9.34. The number of thioether (sulfide) groups is 1. The topological polar surface area (TPSA) is 62.6 Å². The Hall–Kier alpha value is -1.26. The Kier molecular flexibility index (Phi) is 10.6. The molecule has 7 heteroatoms. The molecule has 2 unspecified atom stereocenters. The first kappa shape index (κ1) is 21.8. The van der Waals surface area contributed by atoms with E-state index in [-0.39, 0.29) is 24.3 Å². The van der Waals surface area contributed by atoms with Crippen LogP contribution < -0.4 is 0 Å². The predicted molar refractivity (Wildman–Crippen MR) is 102 cm³/mol. The Morgan fingerprint density at radius 1 is 1.36 bits per heavy atom. The maximum Gasteiger partial charge on any atom is 0.324 e. The third-order valence-electron chi connectivity index (χ3n) is 3.92. The molecule has 1 aliphatic rings. The van der Waals surface area contributed by atoms with E-state index in [4.69, 9.17) is 9.47 Å². The van der Waals surface area contributed by atoms with Gasteiger partial charge in [0.1, 0.15) is 0 Å². The summed E-state index contributed by atoms with van der Waals surface area (Å²) in [5.74, 6) is -0.369. The highest BCUT2D eigenvalue weighted by atomic mass is 35.5. The summed E-state index contributed by atoms with van der Waals surface area (Å²) in [5, 5.41) is 9.30. The third-order valence-corrected chi connectivity index (χ3v) is 5.24. The molecule has 1 aromatic carbocycles. The van der Waals surface area contributed by atoms with E-state index in [0.717, 1.165) is 44.2 Å². The fourth-order valence-corrected chi connectivity index (χ4v) is 3.97. The normalized spacial score (nSPS) is 17.0. The van der Waals surface area contributed by atoms with Gasteiger partial charge in [-0.05, 0) is 12.5 Å². The van der Waals surface area contributed by atoms with Gasteiger partial charge in [-0.15, -0.1) is 12.4 Å². The summed E-state index contributed by atoms with van der Waals surface area (Å²) in [6.07, 6.45) is 0. The van der Waals surface area contributed by atoms with Gasteiger partial charge in [0.2, 0.25) is 0 Å². The second kappa shape index (κ2) is 12.2. The monoisotopic (exact) mass is 384 g/mol. The molecular formula is C18H25ClN2O3S. The van der Waals surface area contributed by atoms with E-state index in [1.54, 1.807) is 18.7 Å². The molecule has 0 aromatic heterocycles. The zero-order valence-electron chi connectivity index (χ0n) is 14.4. The summed E-state index contributed by atoms with van der Waals surface area (Å²) >= 11 is 1.65. The molecule has 1 aliphatic heterocycles. The molecule has 0 saturated carbocycles. The van der Waals surface area contributed by atoms with Crippen LogP contribution in [0.3, 0.4) is 0 Å². The molecule has 0 amide bonds. The van der Waals surface area contributed by atoms with Gasteiger partial charge >= 0.3 is 5.97 Å². The number of nitriles is 1. The molecule has 1 aromatic rings. The van der Waals surface area contributed by atoms with Crippen LogP contribution >= 0.6 is 24.2 Å². The zero-order valence-corrected chi connectivity index (χ0v) is 16.1. The van der Waals surface area contributed by atoms with Crippen molar-refractivity contribution in [3.05, 3.63) is 35.9 Å². The highest BCUT2D eigenvalue weighted by Gasteiger charge is 2.31. The van der Waals surface area contributed by atoms with E-state index in [2.05, 4.69) is 11.0 Å². The van der Waals surface area contributed by atoms with E-state index in [1.165, 1.54) is 0 Å². The smallest absolute Gasteiger partial charge is 0.324 e. The van der Waals surface area contributed by atoms with Crippen LogP contribution in [0.1, 0.15) is 17.7 Å². The van der Waals surface area contributed by atoms with Crippen LogP contribution in [0.2, 0.25) is 0 Å². The van der Waals surface area contributed by atoms with Gasteiger partial charge in [-0.1, -0.05) is 30.3 Å². The summed E-state index contributed by atoms with van der Waals surface area (Å²) in [6.45, 7) is 6.41. The van der Waals surface area contributed by atoms with Crippen molar-refractivity contribution < 1.29 is 14.3 Å². The minimum absolute atomic E-state index is 0. The van der Waals surface area contributed by atoms with Gasteiger partial charge < -0.3 is 9.47 Å². The Morgan fingerprint density at radius 2 is 2.04 bits per heavy atom. The lowest BCUT2D eigenvalue weighted by molar-refractivity contribution is -0.146. The van der Waals surface area contributed by atoms with Crippen LogP contribution in [0.25, 0.3) is 0 Å². The molecule has 0 N–H and O–H groups in total. The van der Waals surface area contributed by atoms with Gasteiger partial charge in [0.05, 0.1) is 31.1 Å². The molecule has 1 heterocycles. The lowest BCUT2D eigenvalue weighted by Gasteiger charge is -2.27. The zero-order chi connectivity index (χ0) is 17.2. The number of nitrogens with zero attached hydrogens (tertiary/aromatic N) is 2. The Balaban J connectivity index is 0.00000312. The number of benzene rings is 1. The summed E-state index contributed by atoms with van der Waals surface area (Å²) in [5.41, 5.74) is 0.990. The van der Waals surface area contributed by atoms with Gasteiger partial charge in [-0.3, -0.25) is 9.69 Å². The molecule has 25 heavy (non-hydrogen) atoms. The lowest BCUT2D eigenvalue weighted by atomic mass is 10.00. The van der Waals surface area contributed by atoms with Gasteiger partial charge in [0.15, 0.2) is 5.92 Å². The van der Waals surface area contributed by atoms with Crippen molar-refractivity contribution in [1.29, 1.82) is 5.26 Å². The summed E-state index contributed by atoms with van der Waals surface area (Å²) in [4.78, 5) is 14.5. The maximum absolute atomic E-state index is 12.2. The van der Waals surface area contributed by atoms with Gasteiger partial charge in [0, 0.05) is 25.4 Å². The van der Waals surface area contributed by atoms with E-state index in [0.29, 0.717) is 0 Å². The average Bonchev–Trinajstić information content (AvgIpc) is 2.63. The van der Waals surface area contributed by atoms with Crippen molar-refractivity contribution in [3.63, 3.8) is 0 Å². The Bertz CT molecular complexity index is 547. The molecule has 0 radical (unpaired) electrons. The number of esters is 1. The highest BCUT2D eigenvalue weighted by Crippen LogP contribution is 2.36. The molecule has 0 aliphatic carbocycles. The van der Waals surface area contributed by atoms with E-state index in [9.17, 15) is 10.1 Å². The van der Waals surface area contributed by atoms with Crippen LogP contribution in [-0.2, 0) is 14.3 Å². The van der Waals surface area contributed by atoms with Crippen LogP contribution in [0.15, 0.2) is 30.3 Å². The minimum Gasteiger partial charge on any atom is -0.465 e. The summed E-state index contributed by atoms with van der Waals surface area (Å²) < 4.78 is 10.4. The fourth-order valence-electron chi connectivity index (χ4n) is 2.64. The largest absolute Gasteiger partial charge is 0.465 e. The number of morpholine rings is 1. The van der Waals surface area contributed by atoms with E-state index < -0.39 is 11.9 Å². The molecule has 138 valence electrons. The third kappa shape index (κ3) is 6.87. The van der Waals surface area contributed by atoms with Gasteiger partial charge in [-0.25, -0.2) is 0 Å². The molecule has 1 fully saturated rings. The van der Waals surface area contributed by atoms with Crippen LogP contribution in [-0.4, -0.2) is 56.1 Å². The van der Waals surface area contributed by atoms with E-state index >= 15 is 0 Å². The van der Waals surface area contributed by atoms with Crippen molar-refractivity contribution in [2.75, 3.05) is 45.2 Å². The van der Waals surface area contributed by atoms with Crippen molar-refractivity contribution in [3.8, 4) is 6.07 Å². The minimum atomic E-state index is -0.790. The first-order chi connectivity index (χ1) is 11.8. The van der Waals surface area contributed by atoms with Crippen molar-refractivity contribution in [2.45, 2.75) is 12.2 Å². The summed E-state index contributed by atoms with van der Waals surface area (Å²) in [7, 11) is 0. The van der Waals surface area contributed by atoms with Crippen LogP contribution in [0, 0.1) is 17.2 Å². The summed E-state index contributed by atoms with van der Waals surface area (Å²) in [6, 6.07) is 11.9. The van der Waals surface area contributed by atoms with Crippen LogP contribution in [0.4, 0.5) is 0 Å². The predicted octanol–water partition coefficient (Wildman–Crippen LogP) is 2.92. The van der Waals surface area contributed by atoms with Crippen LogP contribution in [0.5, 0.6) is 0 Å². The Morgan fingerprint density at radius 3 is 2.64 bits per heavy atom. The van der Waals surface area contributed by atoms with Crippen molar-refractivity contribution >= 4 is 30.1 Å². The first-order valence-electron chi connectivity index (χ1n) is 8.29. The number of carbonyl (C=O) groups is 1. The molecule has 5 nitrogen and oxygen atoms in total. The fraction of sp³-hybridized carbons (Fsp3) is 0.556. The Labute approximate surface area is 160 Å². The SMILES string of the molecule is CCOC(=O)C(C#N)C(SCCN1CCOCC1)c1ccccc1.Cl. The lowest BCUT2D eigenvalue weighted by Crippen LogP contribution is -2.37. The number of hydrogen-bond donors (Lipinski definition) is 0. The quantitative estimate of drug-likeness (QED) is 0.642. The number of rotatable bonds is 8. The van der Waals surface area contributed by atoms with E-state index in [1.807, 2.05) is 30.3 Å². The van der Waals surface area contributed by atoms with Crippen molar-refractivity contribution in [1.82, 2.24) is 4.90 Å². The second-order valence-corrected chi connectivity index (χ2v) is 6.76. The average molecular weight is 385 g/mol. The van der Waals surface area contributed by atoms with Gasteiger partial charge in [-0.2, -0.15) is 17.0 Å². The second-order valence-electron chi connectivity index (χ2n) is 5.51.